The lowest BCUT2D eigenvalue weighted by Crippen LogP contribution is -2.49. The van der Waals surface area contributed by atoms with Gasteiger partial charge in [-0.2, -0.15) is 4.98 Å². The maximum atomic E-state index is 13.5. The average molecular weight is 563 g/mol. The van der Waals surface area contributed by atoms with Crippen molar-refractivity contribution in [3.63, 3.8) is 0 Å². The molecule has 210 valence electrons. The molecule has 4 heterocycles. The molecule has 0 saturated carbocycles. The van der Waals surface area contributed by atoms with Crippen LogP contribution in [0.15, 0.2) is 51.1 Å². The van der Waals surface area contributed by atoms with Gasteiger partial charge in [-0.15, -0.1) is 5.10 Å². The number of hydrogen-bond donors (Lipinski definition) is 2. The molecule has 1 unspecified atom stereocenters. The molecule has 0 bridgehead atoms. The molecule has 0 aliphatic carbocycles. The van der Waals surface area contributed by atoms with Crippen LogP contribution in [0.3, 0.4) is 0 Å². The van der Waals surface area contributed by atoms with Crippen molar-refractivity contribution in [3.8, 4) is 0 Å². The molecule has 2 aliphatic rings. The van der Waals surface area contributed by atoms with Gasteiger partial charge in [0.25, 0.3) is 5.56 Å². The Morgan fingerprint density at radius 1 is 1.00 bits per heavy atom. The van der Waals surface area contributed by atoms with Gasteiger partial charge in [0.05, 0.1) is 10.9 Å². The minimum Gasteiger partial charge on any atom is -0.369 e. The van der Waals surface area contributed by atoms with Crippen LogP contribution in [0.5, 0.6) is 0 Å². The van der Waals surface area contributed by atoms with Gasteiger partial charge in [-0.05, 0) is 43.7 Å². The maximum absolute atomic E-state index is 13.5. The third-order valence-electron chi connectivity index (χ3n) is 7.87. The summed E-state index contributed by atoms with van der Waals surface area (Å²) in [6.45, 7) is 11.4. The van der Waals surface area contributed by atoms with Crippen molar-refractivity contribution >= 4 is 38.9 Å². The van der Waals surface area contributed by atoms with Crippen LogP contribution in [0.2, 0.25) is 0 Å². The van der Waals surface area contributed by atoms with Crippen molar-refractivity contribution in [2.24, 2.45) is 0 Å². The van der Waals surface area contributed by atoms with E-state index in [1.807, 2.05) is 49.1 Å². The van der Waals surface area contributed by atoms with E-state index in [1.165, 1.54) is 0 Å². The molecular formula is C28H34N8O3S. The van der Waals surface area contributed by atoms with Crippen molar-refractivity contribution in [1.82, 2.24) is 34.9 Å². The highest BCUT2D eigenvalue weighted by Gasteiger charge is 2.23. The normalized spacial score (nSPS) is 17.6. The van der Waals surface area contributed by atoms with Crippen molar-refractivity contribution in [2.75, 3.05) is 63.8 Å². The van der Waals surface area contributed by atoms with Crippen molar-refractivity contribution in [1.29, 1.82) is 0 Å². The number of piperazine rings is 2. The third kappa shape index (κ3) is 5.14. The van der Waals surface area contributed by atoms with Gasteiger partial charge >= 0.3 is 0 Å². The van der Waals surface area contributed by atoms with Crippen LogP contribution in [0, 0.1) is 13.8 Å². The SMILES string of the molecule is Cc1ccc(S(=O)c2n[nH]n3c2nc(=O)c2ccc(N4CCN(CCC(=O)N5CCNCC5)CC4)cc23)c(C)c1. The number of hydrogen-bond acceptors (Lipinski definition) is 8. The second-order valence-electron chi connectivity index (χ2n) is 10.5. The number of aromatic nitrogens is 4. The highest BCUT2D eigenvalue weighted by molar-refractivity contribution is 7.85. The van der Waals surface area contributed by atoms with Crippen LogP contribution in [-0.2, 0) is 15.6 Å². The number of carbonyl (C=O) groups is 1. The van der Waals surface area contributed by atoms with E-state index in [0.29, 0.717) is 22.2 Å². The zero-order chi connectivity index (χ0) is 27.8. The number of fused-ring (bicyclic) bond motifs is 3. The van der Waals surface area contributed by atoms with Gasteiger partial charge in [0.1, 0.15) is 10.8 Å². The number of nitrogens with zero attached hydrogens (tertiary/aromatic N) is 6. The van der Waals surface area contributed by atoms with E-state index in [1.54, 1.807) is 10.6 Å². The molecule has 2 aromatic carbocycles. The Morgan fingerprint density at radius 2 is 1.77 bits per heavy atom. The Labute approximate surface area is 234 Å². The fourth-order valence-corrected chi connectivity index (χ4v) is 6.76. The molecule has 2 aliphatic heterocycles. The lowest BCUT2D eigenvalue weighted by molar-refractivity contribution is -0.132. The zero-order valence-electron chi connectivity index (χ0n) is 22.9. The Kier molecular flexibility index (Phi) is 7.39. The highest BCUT2D eigenvalue weighted by Crippen LogP contribution is 2.25. The van der Waals surface area contributed by atoms with E-state index < -0.39 is 10.8 Å². The first kappa shape index (κ1) is 26.6. The van der Waals surface area contributed by atoms with Crippen LogP contribution < -0.4 is 15.8 Å². The minimum absolute atomic E-state index is 0.235. The topological polar surface area (TPSA) is 119 Å². The second kappa shape index (κ2) is 11.1. The molecular weight excluding hydrogens is 528 g/mol. The number of amides is 1. The van der Waals surface area contributed by atoms with Gasteiger partial charge in [-0.25, -0.2) is 13.9 Å². The molecule has 6 rings (SSSR count). The molecule has 4 aromatic rings. The molecule has 2 aromatic heterocycles. The number of aryl methyl sites for hydroxylation is 2. The summed E-state index contributed by atoms with van der Waals surface area (Å²) in [6.07, 6.45) is 0.551. The summed E-state index contributed by atoms with van der Waals surface area (Å²) >= 11 is 0. The molecule has 11 nitrogen and oxygen atoms in total. The molecule has 1 amide bonds. The van der Waals surface area contributed by atoms with Crippen molar-refractivity contribution < 1.29 is 9.00 Å². The van der Waals surface area contributed by atoms with Crippen LogP contribution in [0.4, 0.5) is 5.69 Å². The largest absolute Gasteiger partial charge is 0.369 e. The average Bonchev–Trinajstić information content (AvgIpc) is 3.40. The molecule has 0 radical (unpaired) electrons. The summed E-state index contributed by atoms with van der Waals surface area (Å²) in [5.41, 5.74) is 3.52. The van der Waals surface area contributed by atoms with Gasteiger partial charge in [0.15, 0.2) is 10.7 Å². The lowest BCUT2D eigenvalue weighted by atomic mass is 10.2. The van der Waals surface area contributed by atoms with Crippen LogP contribution in [-0.4, -0.2) is 98.6 Å². The molecule has 40 heavy (non-hydrogen) atoms. The number of rotatable bonds is 6. The Morgan fingerprint density at radius 3 is 2.52 bits per heavy atom. The first-order valence-corrected chi connectivity index (χ1v) is 14.9. The second-order valence-corrected chi connectivity index (χ2v) is 11.9. The standard InChI is InChI=1S/C28H34N8O3S/c1-19-3-6-24(20(2)17-19)40(39)28-26-30-27(38)22-5-4-21(18-23(22)36(26)32-31-28)34-15-13-33(14-16-34)10-7-25(37)35-11-8-29-9-12-35/h3-6,17-18,29,32H,7-16H2,1-2H3. The van der Waals surface area contributed by atoms with Gasteiger partial charge in [0, 0.05) is 75.9 Å². The number of H-pyrrole nitrogens is 1. The Hall–Kier alpha value is -3.61. The number of benzene rings is 2. The summed E-state index contributed by atoms with van der Waals surface area (Å²) in [4.78, 5) is 37.0. The first-order chi connectivity index (χ1) is 19.4. The van der Waals surface area contributed by atoms with Crippen LogP contribution >= 0.6 is 0 Å². The van der Waals surface area contributed by atoms with E-state index in [4.69, 9.17) is 0 Å². The number of carbonyl (C=O) groups excluding carboxylic acids is 1. The smallest absolute Gasteiger partial charge is 0.281 e. The van der Waals surface area contributed by atoms with Crippen LogP contribution in [0.25, 0.3) is 16.6 Å². The molecule has 2 saturated heterocycles. The first-order valence-electron chi connectivity index (χ1n) is 13.7. The summed E-state index contributed by atoms with van der Waals surface area (Å²) in [5, 5.41) is 11.3. The Balaban J connectivity index is 1.19. The van der Waals surface area contributed by atoms with Gasteiger partial charge < -0.3 is 15.1 Å². The zero-order valence-corrected chi connectivity index (χ0v) is 23.7. The monoisotopic (exact) mass is 562 g/mol. The van der Waals surface area contributed by atoms with E-state index in [9.17, 15) is 13.8 Å². The lowest BCUT2D eigenvalue weighted by Gasteiger charge is -2.36. The Bertz CT molecular complexity index is 1650. The van der Waals surface area contributed by atoms with Crippen LogP contribution in [0.1, 0.15) is 17.5 Å². The van der Waals surface area contributed by atoms with Crippen molar-refractivity contribution in [3.05, 3.63) is 57.9 Å². The molecule has 2 fully saturated rings. The summed E-state index contributed by atoms with van der Waals surface area (Å²) in [5.74, 6) is 0.235. The van der Waals surface area contributed by atoms with Gasteiger partial charge in [-0.3, -0.25) is 14.5 Å². The summed E-state index contributed by atoms with van der Waals surface area (Å²) in [6, 6.07) is 11.5. The fourth-order valence-electron chi connectivity index (χ4n) is 5.58. The van der Waals surface area contributed by atoms with E-state index in [-0.39, 0.29) is 22.1 Å². The maximum Gasteiger partial charge on any atom is 0.281 e. The molecule has 1 atom stereocenters. The number of aromatic amines is 1. The van der Waals surface area contributed by atoms with Gasteiger partial charge in [0.2, 0.25) is 5.91 Å². The number of nitrogens with one attached hydrogen (secondary N) is 2. The van der Waals surface area contributed by atoms with E-state index in [2.05, 4.69) is 30.4 Å². The molecule has 2 N–H and O–H groups in total. The third-order valence-corrected chi connectivity index (χ3v) is 9.35. The molecule has 12 heteroatoms. The predicted molar refractivity (Wildman–Crippen MR) is 154 cm³/mol. The highest BCUT2D eigenvalue weighted by atomic mass is 32.2. The fraction of sp³-hybridized carbons (Fsp3) is 0.429. The summed E-state index contributed by atoms with van der Waals surface area (Å²) in [7, 11) is -1.59. The van der Waals surface area contributed by atoms with E-state index in [0.717, 1.165) is 75.7 Å². The number of anilines is 1. The molecule has 0 spiro atoms. The van der Waals surface area contributed by atoms with Crippen molar-refractivity contribution in [2.45, 2.75) is 30.2 Å². The van der Waals surface area contributed by atoms with Gasteiger partial charge in [-0.1, -0.05) is 17.7 Å². The van der Waals surface area contributed by atoms with E-state index >= 15 is 0 Å². The quantitative estimate of drug-likeness (QED) is 0.361. The predicted octanol–water partition coefficient (Wildman–Crippen LogP) is 1.30. The minimum atomic E-state index is -1.59. The summed E-state index contributed by atoms with van der Waals surface area (Å²) < 4.78 is 15.1.